The van der Waals surface area contributed by atoms with Crippen molar-refractivity contribution in [2.45, 2.75) is 18.9 Å². The first kappa shape index (κ1) is 19.7. The topological polar surface area (TPSA) is 63.1 Å². The summed E-state index contributed by atoms with van der Waals surface area (Å²) in [7, 11) is 1.82. The summed E-state index contributed by atoms with van der Waals surface area (Å²) < 4.78 is 1.65. The lowest BCUT2D eigenvalue weighted by molar-refractivity contribution is 0.0933. The predicted molar refractivity (Wildman–Crippen MR) is 116 cm³/mol. The molecular weight excluding hydrogens is 409 g/mol. The maximum atomic E-state index is 12.7. The molecule has 0 radical (unpaired) electrons. The minimum Gasteiger partial charge on any atom is -0.368 e. The van der Waals surface area contributed by atoms with E-state index in [1.807, 2.05) is 31.3 Å². The number of hydrogen-bond acceptors (Lipinski definition) is 4. The molecule has 2 aromatic carbocycles. The van der Waals surface area contributed by atoms with Crippen LogP contribution in [-0.2, 0) is 7.05 Å². The van der Waals surface area contributed by atoms with Gasteiger partial charge in [0.25, 0.3) is 5.91 Å². The van der Waals surface area contributed by atoms with Gasteiger partial charge in [0.1, 0.15) is 6.33 Å². The van der Waals surface area contributed by atoms with Crippen molar-refractivity contribution in [1.29, 1.82) is 0 Å². The monoisotopic (exact) mass is 429 g/mol. The number of carbonyl (C=O) groups is 1. The molecule has 1 aliphatic rings. The number of amides is 1. The van der Waals surface area contributed by atoms with E-state index in [0.717, 1.165) is 30.6 Å². The summed E-state index contributed by atoms with van der Waals surface area (Å²) in [6.07, 6.45) is 3.56. The van der Waals surface area contributed by atoms with Gasteiger partial charge in [-0.15, -0.1) is 0 Å². The van der Waals surface area contributed by atoms with Crippen LogP contribution in [0.5, 0.6) is 0 Å². The number of benzene rings is 2. The Morgan fingerprint density at radius 3 is 2.66 bits per heavy atom. The van der Waals surface area contributed by atoms with Gasteiger partial charge in [-0.2, -0.15) is 5.10 Å². The molecule has 4 rings (SSSR count). The van der Waals surface area contributed by atoms with Crippen molar-refractivity contribution >= 4 is 34.8 Å². The Morgan fingerprint density at radius 2 is 1.97 bits per heavy atom. The summed E-state index contributed by atoms with van der Waals surface area (Å²) in [5.41, 5.74) is 2.44. The largest absolute Gasteiger partial charge is 0.368 e. The Hall–Kier alpha value is -2.57. The fourth-order valence-electron chi connectivity index (χ4n) is 3.56. The lowest BCUT2D eigenvalue weighted by Gasteiger charge is -2.35. The molecule has 29 heavy (non-hydrogen) atoms. The van der Waals surface area contributed by atoms with Gasteiger partial charge in [0.2, 0.25) is 0 Å². The average molecular weight is 430 g/mol. The summed E-state index contributed by atoms with van der Waals surface area (Å²) in [4.78, 5) is 19.1. The zero-order valence-electron chi connectivity index (χ0n) is 16.0. The van der Waals surface area contributed by atoms with E-state index >= 15 is 0 Å². The van der Waals surface area contributed by atoms with Gasteiger partial charge in [0.05, 0.1) is 10.7 Å². The summed E-state index contributed by atoms with van der Waals surface area (Å²) in [5, 5.41) is 8.67. The molecule has 2 heterocycles. The number of nitrogens with zero attached hydrogens (tertiary/aromatic N) is 4. The minimum atomic E-state index is -0.0837. The Balaban J connectivity index is 1.41. The third-order valence-corrected chi connectivity index (χ3v) is 5.55. The highest BCUT2D eigenvalue weighted by Crippen LogP contribution is 2.30. The van der Waals surface area contributed by atoms with Crippen LogP contribution in [0.2, 0.25) is 10.0 Å². The van der Waals surface area contributed by atoms with Crippen molar-refractivity contribution in [3.05, 3.63) is 64.4 Å². The number of nitrogens with one attached hydrogen (secondary N) is 1. The van der Waals surface area contributed by atoms with E-state index in [4.69, 9.17) is 23.2 Å². The fraction of sp³-hybridized carbons (Fsp3) is 0.286. The number of aryl methyl sites for hydroxylation is 1. The molecule has 3 aromatic rings. The van der Waals surface area contributed by atoms with Gasteiger partial charge in [0.15, 0.2) is 5.82 Å². The van der Waals surface area contributed by atoms with E-state index in [9.17, 15) is 4.79 Å². The number of halogens is 2. The first-order valence-electron chi connectivity index (χ1n) is 9.46. The molecular formula is C21H21Cl2N5O. The molecule has 1 N–H and O–H groups in total. The zero-order valence-corrected chi connectivity index (χ0v) is 17.5. The molecule has 150 valence electrons. The van der Waals surface area contributed by atoms with Crippen LogP contribution in [0.1, 0.15) is 23.2 Å². The van der Waals surface area contributed by atoms with E-state index < -0.39 is 0 Å². The molecule has 1 saturated heterocycles. The first-order chi connectivity index (χ1) is 14.0. The molecule has 0 spiro atoms. The first-order valence-corrected chi connectivity index (χ1v) is 10.2. The lowest BCUT2D eigenvalue weighted by Crippen LogP contribution is -2.47. The SMILES string of the molecule is Cn1cnc(-c2ccc(C(=O)NC3CCCN(c4ccc(Cl)cc4Cl)C3)cc2)n1. The van der Waals surface area contributed by atoms with Crippen molar-refractivity contribution in [3.63, 3.8) is 0 Å². The summed E-state index contributed by atoms with van der Waals surface area (Å²) >= 11 is 12.4. The third-order valence-electron chi connectivity index (χ3n) is 5.01. The van der Waals surface area contributed by atoms with Crippen LogP contribution in [0.25, 0.3) is 11.4 Å². The molecule has 6 nitrogen and oxygen atoms in total. The number of hydrogen-bond donors (Lipinski definition) is 1. The molecule has 1 unspecified atom stereocenters. The van der Waals surface area contributed by atoms with Crippen LogP contribution >= 0.6 is 23.2 Å². The zero-order chi connectivity index (χ0) is 20.4. The normalized spacial score (nSPS) is 16.7. The Morgan fingerprint density at radius 1 is 1.17 bits per heavy atom. The van der Waals surface area contributed by atoms with Gasteiger partial charge in [-0.1, -0.05) is 35.3 Å². The highest BCUT2D eigenvalue weighted by atomic mass is 35.5. The third kappa shape index (κ3) is 4.54. The maximum Gasteiger partial charge on any atom is 0.251 e. The second-order valence-corrected chi connectivity index (χ2v) is 8.02. The van der Waals surface area contributed by atoms with Crippen molar-refractivity contribution < 1.29 is 4.79 Å². The quantitative estimate of drug-likeness (QED) is 0.675. The Kier molecular flexibility index (Phi) is 5.74. The molecule has 0 bridgehead atoms. The van der Waals surface area contributed by atoms with Crippen LogP contribution in [0.4, 0.5) is 5.69 Å². The lowest BCUT2D eigenvalue weighted by atomic mass is 10.0. The number of anilines is 1. The molecule has 8 heteroatoms. The van der Waals surface area contributed by atoms with Crippen molar-refractivity contribution in [1.82, 2.24) is 20.1 Å². The number of rotatable bonds is 4. The van der Waals surface area contributed by atoms with Gasteiger partial charge < -0.3 is 10.2 Å². The summed E-state index contributed by atoms with van der Waals surface area (Å²) in [5.74, 6) is 0.557. The van der Waals surface area contributed by atoms with E-state index in [1.54, 1.807) is 29.2 Å². The van der Waals surface area contributed by atoms with Crippen LogP contribution in [0.15, 0.2) is 48.8 Å². The summed E-state index contributed by atoms with van der Waals surface area (Å²) in [6.45, 7) is 1.61. The van der Waals surface area contributed by atoms with E-state index in [2.05, 4.69) is 20.3 Å². The average Bonchev–Trinajstić information content (AvgIpc) is 3.14. The van der Waals surface area contributed by atoms with Crippen LogP contribution in [0, 0.1) is 0 Å². The van der Waals surface area contributed by atoms with Gasteiger partial charge in [0, 0.05) is 42.3 Å². The molecule has 1 aliphatic heterocycles. The fourth-order valence-corrected chi connectivity index (χ4v) is 4.09. The highest BCUT2D eigenvalue weighted by Gasteiger charge is 2.23. The standard InChI is InChI=1S/C21H21Cl2N5O/c1-27-13-24-20(26-27)14-4-6-15(7-5-14)21(29)25-17-3-2-10-28(12-17)19-9-8-16(22)11-18(19)23/h4-9,11,13,17H,2-3,10,12H2,1H3,(H,25,29). The van der Waals surface area contributed by atoms with Gasteiger partial charge in [-0.3, -0.25) is 9.48 Å². The molecule has 0 aliphatic carbocycles. The molecule has 1 amide bonds. The second-order valence-electron chi connectivity index (χ2n) is 7.17. The van der Waals surface area contributed by atoms with E-state index in [0.29, 0.717) is 28.0 Å². The van der Waals surface area contributed by atoms with Crippen LogP contribution in [0.3, 0.4) is 0 Å². The molecule has 1 aromatic heterocycles. The highest BCUT2D eigenvalue weighted by molar-refractivity contribution is 6.36. The van der Waals surface area contributed by atoms with Crippen molar-refractivity contribution in [2.24, 2.45) is 7.05 Å². The van der Waals surface area contributed by atoms with Crippen molar-refractivity contribution in [2.75, 3.05) is 18.0 Å². The maximum absolute atomic E-state index is 12.7. The van der Waals surface area contributed by atoms with E-state index in [1.165, 1.54) is 0 Å². The Bertz CT molecular complexity index is 1020. The molecule has 1 atom stereocenters. The molecule has 0 saturated carbocycles. The van der Waals surface area contributed by atoms with Crippen LogP contribution in [-0.4, -0.2) is 39.8 Å². The Labute approximate surface area is 179 Å². The van der Waals surface area contributed by atoms with Gasteiger partial charge >= 0.3 is 0 Å². The number of carbonyl (C=O) groups excluding carboxylic acids is 1. The van der Waals surface area contributed by atoms with Crippen molar-refractivity contribution in [3.8, 4) is 11.4 Å². The summed E-state index contributed by atoms with van der Waals surface area (Å²) in [6, 6.07) is 12.9. The predicted octanol–water partition coefficient (Wildman–Crippen LogP) is 4.19. The van der Waals surface area contributed by atoms with Crippen LogP contribution < -0.4 is 10.2 Å². The van der Waals surface area contributed by atoms with Gasteiger partial charge in [-0.05, 0) is 43.2 Å². The number of aromatic nitrogens is 3. The second kappa shape index (κ2) is 8.43. The molecule has 1 fully saturated rings. The number of piperidine rings is 1. The minimum absolute atomic E-state index is 0.0557. The smallest absolute Gasteiger partial charge is 0.251 e. The van der Waals surface area contributed by atoms with Gasteiger partial charge in [-0.25, -0.2) is 4.98 Å². The van der Waals surface area contributed by atoms with E-state index in [-0.39, 0.29) is 11.9 Å².